The summed E-state index contributed by atoms with van der Waals surface area (Å²) in [7, 11) is 1.93. The summed E-state index contributed by atoms with van der Waals surface area (Å²) in [6.07, 6.45) is 5.58. The Kier molecular flexibility index (Phi) is 2.97. The quantitative estimate of drug-likeness (QED) is 0.749. The van der Waals surface area contributed by atoms with Crippen LogP contribution in [-0.4, -0.2) is 27.0 Å². The van der Waals surface area contributed by atoms with E-state index in [9.17, 15) is 0 Å². The zero-order valence-corrected chi connectivity index (χ0v) is 10.9. The second kappa shape index (κ2) is 4.78. The maximum atomic E-state index is 4.59. The van der Waals surface area contributed by atoms with Gasteiger partial charge >= 0.3 is 0 Å². The second-order valence-corrected chi connectivity index (χ2v) is 4.43. The molecule has 3 rings (SSSR count). The molecule has 96 valence electrons. The van der Waals surface area contributed by atoms with E-state index in [2.05, 4.69) is 25.3 Å². The molecule has 0 aliphatic heterocycles. The third-order valence-corrected chi connectivity index (χ3v) is 3.03. The average Bonchev–Trinajstić information content (AvgIpc) is 2.82. The van der Waals surface area contributed by atoms with E-state index in [4.69, 9.17) is 0 Å². The first kappa shape index (κ1) is 11.8. The SMILES string of the molecule is CNCc1c[nH]c2nc(C)nc(-c3cccnc3)c12. The first-order valence-electron chi connectivity index (χ1n) is 6.19. The minimum Gasteiger partial charge on any atom is -0.346 e. The molecular weight excluding hydrogens is 238 g/mol. The standard InChI is InChI=1S/C14H15N5/c1-9-18-13(10-4-3-5-16-7-10)12-11(6-15-2)8-17-14(12)19-9/h3-5,7-8,15H,6H2,1-2H3,(H,17,18,19). The van der Waals surface area contributed by atoms with E-state index >= 15 is 0 Å². The molecule has 0 spiro atoms. The summed E-state index contributed by atoms with van der Waals surface area (Å²) in [5, 5.41) is 4.23. The van der Waals surface area contributed by atoms with Crippen LogP contribution in [0.4, 0.5) is 0 Å². The molecule has 0 saturated carbocycles. The fraction of sp³-hybridized carbons (Fsp3) is 0.214. The van der Waals surface area contributed by atoms with Gasteiger partial charge in [0.2, 0.25) is 0 Å². The molecule has 0 saturated heterocycles. The summed E-state index contributed by atoms with van der Waals surface area (Å²) in [6, 6.07) is 3.94. The number of aromatic amines is 1. The molecule has 3 aromatic rings. The highest BCUT2D eigenvalue weighted by molar-refractivity contribution is 5.93. The topological polar surface area (TPSA) is 66.5 Å². The molecular formula is C14H15N5. The molecule has 3 aromatic heterocycles. The Morgan fingerprint density at radius 1 is 1.32 bits per heavy atom. The predicted molar refractivity (Wildman–Crippen MR) is 74.6 cm³/mol. The van der Waals surface area contributed by atoms with Crippen molar-refractivity contribution in [3.8, 4) is 11.3 Å². The lowest BCUT2D eigenvalue weighted by molar-refractivity contribution is 0.823. The van der Waals surface area contributed by atoms with Crippen LogP contribution in [0, 0.1) is 6.92 Å². The zero-order chi connectivity index (χ0) is 13.2. The van der Waals surface area contributed by atoms with Crippen LogP contribution in [0.5, 0.6) is 0 Å². The van der Waals surface area contributed by atoms with E-state index in [1.807, 2.05) is 38.5 Å². The average molecular weight is 253 g/mol. The zero-order valence-electron chi connectivity index (χ0n) is 10.9. The smallest absolute Gasteiger partial charge is 0.141 e. The highest BCUT2D eigenvalue weighted by atomic mass is 15.0. The van der Waals surface area contributed by atoms with E-state index in [1.54, 1.807) is 6.20 Å². The minimum atomic E-state index is 0.754. The third-order valence-electron chi connectivity index (χ3n) is 3.03. The van der Waals surface area contributed by atoms with Crippen molar-refractivity contribution >= 4 is 11.0 Å². The van der Waals surface area contributed by atoms with Crippen LogP contribution >= 0.6 is 0 Å². The van der Waals surface area contributed by atoms with Gasteiger partial charge in [0.15, 0.2) is 0 Å². The summed E-state index contributed by atoms with van der Waals surface area (Å²) >= 11 is 0. The summed E-state index contributed by atoms with van der Waals surface area (Å²) in [6.45, 7) is 2.68. The largest absolute Gasteiger partial charge is 0.346 e. The Morgan fingerprint density at radius 3 is 2.95 bits per heavy atom. The van der Waals surface area contributed by atoms with E-state index in [-0.39, 0.29) is 0 Å². The lowest BCUT2D eigenvalue weighted by Gasteiger charge is -2.06. The molecule has 0 atom stereocenters. The molecule has 0 fully saturated rings. The fourth-order valence-corrected chi connectivity index (χ4v) is 2.25. The third kappa shape index (κ3) is 2.08. The predicted octanol–water partition coefficient (Wildman–Crippen LogP) is 2.05. The number of aromatic nitrogens is 4. The van der Waals surface area contributed by atoms with Gasteiger partial charge in [-0.15, -0.1) is 0 Å². The van der Waals surface area contributed by atoms with Gasteiger partial charge in [-0.3, -0.25) is 4.98 Å². The van der Waals surface area contributed by atoms with Gasteiger partial charge in [0.05, 0.1) is 5.69 Å². The molecule has 0 bridgehead atoms. The van der Waals surface area contributed by atoms with E-state index in [0.717, 1.165) is 40.2 Å². The molecule has 0 aliphatic rings. The fourth-order valence-electron chi connectivity index (χ4n) is 2.25. The minimum absolute atomic E-state index is 0.754. The second-order valence-electron chi connectivity index (χ2n) is 4.43. The lowest BCUT2D eigenvalue weighted by atomic mass is 10.1. The summed E-state index contributed by atoms with van der Waals surface area (Å²) in [5.74, 6) is 0.754. The Bertz CT molecular complexity index is 702. The molecule has 0 amide bonds. The van der Waals surface area contributed by atoms with E-state index in [1.165, 1.54) is 0 Å². The Hall–Kier alpha value is -2.27. The number of nitrogens with one attached hydrogen (secondary N) is 2. The van der Waals surface area contributed by atoms with Crippen molar-refractivity contribution < 1.29 is 0 Å². The Morgan fingerprint density at radius 2 is 2.21 bits per heavy atom. The number of hydrogen-bond acceptors (Lipinski definition) is 4. The van der Waals surface area contributed by atoms with Crippen LogP contribution in [0.15, 0.2) is 30.7 Å². The molecule has 5 heteroatoms. The van der Waals surface area contributed by atoms with Gasteiger partial charge in [0.1, 0.15) is 11.5 Å². The molecule has 0 radical (unpaired) electrons. The van der Waals surface area contributed by atoms with Gasteiger partial charge in [0, 0.05) is 36.1 Å². The number of hydrogen-bond donors (Lipinski definition) is 2. The number of pyridine rings is 1. The van der Waals surface area contributed by atoms with Gasteiger partial charge in [-0.1, -0.05) is 0 Å². The highest BCUT2D eigenvalue weighted by Crippen LogP contribution is 2.28. The molecule has 2 N–H and O–H groups in total. The van der Waals surface area contributed by atoms with E-state index in [0.29, 0.717) is 0 Å². The van der Waals surface area contributed by atoms with Gasteiger partial charge in [0.25, 0.3) is 0 Å². The Labute approximate surface area is 111 Å². The van der Waals surface area contributed by atoms with Gasteiger partial charge in [-0.25, -0.2) is 9.97 Å². The highest BCUT2D eigenvalue weighted by Gasteiger charge is 2.13. The number of H-pyrrole nitrogens is 1. The summed E-state index contributed by atoms with van der Waals surface area (Å²) in [4.78, 5) is 16.4. The van der Waals surface area contributed by atoms with Crippen LogP contribution < -0.4 is 5.32 Å². The molecule has 0 aliphatic carbocycles. The number of nitrogens with zero attached hydrogens (tertiary/aromatic N) is 3. The van der Waals surface area contributed by atoms with Gasteiger partial charge in [-0.05, 0) is 31.7 Å². The van der Waals surface area contributed by atoms with Crippen LogP contribution in [0.2, 0.25) is 0 Å². The van der Waals surface area contributed by atoms with Gasteiger partial charge in [-0.2, -0.15) is 0 Å². The monoisotopic (exact) mass is 253 g/mol. The molecule has 0 unspecified atom stereocenters. The normalized spacial score (nSPS) is 11.1. The molecule has 19 heavy (non-hydrogen) atoms. The first-order valence-corrected chi connectivity index (χ1v) is 6.19. The van der Waals surface area contributed by atoms with Crippen molar-refractivity contribution in [2.24, 2.45) is 0 Å². The Balaban J connectivity index is 2.30. The van der Waals surface area contributed by atoms with Crippen LogP contribution in [0.3, 0.4) is 0 Å². The van der Waals surface area contributed by atoms with Crippen molar-refractivity contribution in [3.05, 3.63) is 42.1 Å². The van der Waals surface area contributed by atoms with Crippen molar-refractivity contribution in [1.82, 2.24) is 25.3 Å². The van der Waals surface area contributed by atoms with Crippen LogP contribution in [0.1, 0.15) is 11.4 Å². The van der Waals surface area contributed by atoms with Crippen molar-refractivity contribution in [2.45, 2.75) is 13.5 Å². The number of aryl methyl sites for hydroxylation is 1. The number of fused-ring (bicyclic) bond motifs is 1. The van der Waals surface area contributed by atoms with Crippen LogP contribution in [0.25, 0.3) is 22.3 Å². The first-order chi connectivity index (χ1) is 9.29. The molecule has 3 heterocycles. The maximum Gasteiger partial charge on any atom is 0.141 e. The number of rotatable bonds is 3. The van der Waals surface area contributed by atoms with Crippen LogP contribution in [-0.2, 0) is 6.54 Å². The van der Waals surface area contributed by atoms with Crippen molar-refractivity contribution in [1.29, 1.82) is 0 Å². The van der Waals surface area contributed by atoms with Gasteiger partial charge < -0.3 is 10.3 Å². The molecule has 5 nitrogen and oxygen atoms in total. The van der Waals surface area contributed by atoms with E-state index < -0.39 is 0 Å². The molecule has 0 aromatic carbocycles. The summed E-state index contributed by atoms with van der Waals surface area (Å²) in [5.41, 5.74) is 3.98. The maximum absolute atomic E-state index is 4.59. The summed E-state index contributed by atoms with van der Waals surface area (Å²) < 4.78 is 0. The lowest BCUT2D eigenvalue weighted by Crippen LogP contribution is -2.05. The van der Waals surface area contributed by atoms with Crippen molar-refractivity contribution in [3.63, 3.8) is 0 Å². The van der Waals surface area contributed by atoms with Crippen molar-refractivity contribution in [2.75, 3.05) is 7.05 Å².